The second kappa shape index (κ2) is 5.22. The monoisotopic (exact) mass is 334 g/mol. The van der Waals surface area contributed by atoms with E-state index >= 15 is 0 Å². The zero-order chi connectivity index (χ0) is 15.2. The van der Waals surface area contributed by atoms with E-state index in [1.165, 1.54) is 11.3 Å². The van der Waals surface area contributed by atoms with E-state index in [1.807, 2.05) is 30.5 Å². The van der Waals surface area contributed by atoms with Crippen LogP contribution in [0, 0.1) is 5.41 Å². The Morgan fingerprint density at radius 3 is 2.73 bits per heavy atom. The van der Waals surface area contributed by atoms with Gasteiger partial charge in [-0.2, -0.15) is 0 Å². The van der Waals surface area contributed by atoms with Gasteiger partial charge in [-0.1, -0.05) is 35.1 Å². The summed E-state index contributed by atoms with van der Waals surface area (Å²) in [6, 6.07) is 7.61. The summed E-state index contributed by atoms with van der Waals surface area (Å²) < 4.78 is 1.79. The lowest BCUT2D eigenvalue weighted by Crippen LogP contribution is -2.18. The molecule has 2 aromatic heterocycles. The van der Waals surface area contributed by atoms with Crippen LogP contribution in [0.3, 0.4) is 0 Å². The van der Waals surface area contributed by atoms with E-state index in [9.17, 15) is 5.11 Å². The van der Waals surface area contributed by atoms with Crippen molar-refractivity contribution >= 4 is 33.0 Å². The molecule has 0 bridgehead atoms. The Balaban J connectivity index is 1.53. The second-order valence-electron chi connectivity index (χ2n) is 5.78. The molecule has 22 heavy (non-hydrogen) atoms. The van der Waals surface area contributed by atoms with Crippen LogP contribution in [0.4, 0.5) is 5.13 Å². The zero-order valence-electron chi connectivity index (χ0n) is 11.8. The lowest BCUT2D eigenvalue weighted by molar-refractivity contribution is 0.220. The molecule has 0 unspecified atom stereocenters. The molecule has 3 aromatic rings. The third-order valence-corrected chi connectivity index (χ3v) is 5.22. The van der Waals surface area contributed by atoms with Crippen molar-refractivity contribution < 1.29 is 5.11 Å². The maximum absolute atomic E-state index is 9.33. The van der Waals surface area contributed by atoms with Gasteiger partial charge in [0.05, 0.1) is 18.5 Å². The molecule has 1 aromatic carbocycles. The highest BCUT2D eigenvalue weighted by atomic mass is 35.5. The Labute approximate surface area is 136 Å². The Kier molecular flexibility index (Phi) is 3.32. The number of aliphatic hydroxyl groups is 1. The van der Waals surface area contributed by atoms with Gasteiger partial charge in [-0.05, 0) is 25.0 Å². The number of aromatic nitrogens is 3. The van der Waals surface area contributed by atoms with Gasteiger partial charge in [-0.15, -0.1) is 5.10 Å². The van der Waals surface area contributed by atoms with E-state index in [0.717, 1.165) is 40.7 Å². The molecule has 4 rings (SSSR count). The molecule has 1 aliphatic rings. The summed E-state index contributed by atoms with van der Waals surface area (Å²) in [5.74, 6) is 0. The lowest BCUT2D eigenvalue weighted by Gasteiger charge is -2.10. The summed E-state index contributed by atoms with van der Waals surface area (Å²) in [5.41, 5.74) is 1.98. The number of benzene rings is 1. The molecule has 1 aliphatic carbocycles. The van der Waals surface area contributed by atoms with Crippen LogP contribution in [0.5, 0.6) is 0 Å². The molecule has 114 valence electrons. The van der Waals surface area contributed by atoms with E-state index in [0.29, 0.717) is 5.02 Å². The van der Waals surface area contributed by atoms with Crippen molar-refractivity contribution in [1.82, 2.24) is 14.6 Å². The van der Waals surface area contributed by atoms with Crippen LogP contribution in [0.2, 0.25) is 5.02 Å². The van der Waals surface area contributed by atoms with Crippen molar-refractivity contribution in [2.24, 2.45) is 5.41 Å². The molecular formula is C15H15ClN4OS. The molecule has 2 N–H and O–H groups in total. The number of hydrogen-bond acceptors (Lipinski definition) is 5. The SMILES string of the molecule is OCC1(CNc2nn3cc(-c4ccc(Cl)cc4)nc3s2)CC1. The number of aliphatic hydroxyl groups excluding tert-OH is 1. The number of halogens is 1. The molecule has 0 radical (unpaired) electrons. The van der Waals surface area contributed by atoms with Crippen LogP contribution in [-0.4, -0.2) is 32.9 Å². The topological polar surface area (TPSA) is 62.5 Å². The maximum atomic E-state index is 9.33. The molecule has 0 spiro atoms. The number of hydrogen-bond donors (Lipinski definition) is 2. The molecule has 1 fully saturated rings. The van der Waals surface area contributed by atoms with Gasteiger partial charge in [0.1, 0.15) is 0 Å². The minimum Gasteiger partial charge on any atom is -0.396 e. The predicted molar refractivity (Wildman–Crippen MR) is 88.6 cm³/mol. The minimum atomic E-state index is 0.0717. The van der Waals surface area contributed by atoms with E-state index in [-0.39, 0.29) is 12.0 Å². The third-order valence-electron chi connectivity index (χ3n) is 4.09. The van der Waals surface area contributed by atoms with Gasteiger partial charge in [0.2, 0.25) is 10.1 Å². The zero-order valence-corrected chi connectivity index (χ0v) is 13.4. The number of fused-ring (bicyclic) bond motifs is 1. The van der Waals surface area contributed by atoms with Crippen LogP contribution in [0.1, 0.15) is 12.8 Å². The van der Waals surface area contributed by atoms with E-state index in [2.05, 4.69) is 15.4 Å². The van der Waals surface area contributed by atoms with Gasteiger partial charge < -0.3 is 10.4 Å². The summed E-state index contributed by atoms with van der Waals surface area (Å²) in [6.07, 6.45) is 4.08. The molecule has 0 aliphatic heterocycles. The fourth-order valence-corrected chi connectivity index (χ4v) is 3.27. The minimum absolute atomic E-state index is 0.0717. The van der Waals surface area contributed by atoms with Crippen LogP contribution in [-0.2, 0) is 0 Å². The standard InChI is InChI=1S/C15H15ClN4OS/c16-11-3-1-10(2-4-11)12-7-20-14(18-12)22-13(19-20)17-8-15(9-21)5-6-15/h1-4,7,21H,5-6,8-9H2,(H,17,19). The number of imidazole rings is 1. The molecule has 7 heteroatoms. The van der Waals surface area contributed by atoms with Gasteiger partial charge in [0.25, 0.3) is 0 Å². The van der Waals surface area contributed by atoms with Crippen molar-refractivity contribution in [2.45, 2.75) is 12.8 Å². The highest BCUT2D eigenvalue weighted by Gasteiger charge is 2.41. The van der Waals surface area contributed by atoms with Gasteiger partial charge in [0, 0.05) is 22.5 Å². The van der Waals surface area contributed by atoms with Crippen molar-refractivity contribution in [2.75, 3.05) is 18.5 Å². The molecular weight excluding hydrogens is 320 g/mol. The predicted octanol–water partition coefficient (Wildman–Crippen LogP) is 3.30. The summed E-state index contributed by atoms with van der Waals surface area (Å²) in [4.78, 5) is 5.45. The molecule has 2 heterocycles. The second-order valence-corrected chi connectivity index (χ2v) is 7.17. The number of rotatable bonds is 5. The van der Waals surface area contributed by atoms with E-state index in [4.69, 9.17) is 11.6 Å². The van der Waals surface area contributed by atoms with Crippen LogP contribution in [0.25, 0.3) is 16.2 Å². The van der Waals surface area contributed by atoms with Gasteiger partial charge in [0.15, 0.2) is 0 Å². The number of anilines is 1. The van der Waals surface area contributed by atoms with Gasteiger partial charge in [-0.3, -0.25) is 0 Å². The molecule has 0 saturated heterocycles. The fraction of sp³-hybridized carbons (Fsp3) is 0.333. The first-order valence-corrected chi connectivity index (χ1v) is 8.34. The summed E-state index contributed by atoms with van der Waals surface area (Å²) in [7, 11) is 0. The maximum Gasteiger partial charge on any atom is 0.214 e. The van der Waals surface area contributed by atoms with E-state index < -0.39 is 0 Å². The Hall–Kier alpha value is -1.63. The van der Waals surface area contributed by atoms with Crippen LogP contribution in [0.15, 0.2) is 30.5 Å². The fourth-order valence-electron chi connectivity index (χ4n) is 2.36. The van der Waals surface area contributed by atoms with Crippen molar-refractivity contribution in [1.29, 1.82) is 0 Å². The van der Waals surface area contributed by atoms with E-state index in [1.54, 1.807) is 4.52 Å². The smallest absolute Gasteiger partial charge is 0.214 e. The first kappa shape index (κ1) is 14.0. The summed E-state index contributed by atoms with van der Waals surface area (Å²) in [5, 5.41) is 18.7. The normalized spacial score (nSPS) is 16.1. The molecule has 0 atom stereocenters. The van der Waals surface area contributed by atoms with Crippen molar-refractivity contribution in [3.8, 4) is 11.3 Å². The Bertz CT molecular complexity index is 775. The summed E-state index contributed by atoms with van der Waals surface area (Å²) in [6.45, 7) is 1.01. The first-order chi connectivity index (χ1) is 10.7. The highest BCUT2D eigenvalue weighted by Crippen LogP contribution is 2.45. The summed E-state index contributed by atoms with van der Waals surface area (Å²) >= 11 is 7.42. The molecule has 0 amide bonds. The molecule has 5 nitrogen and oxygen atoms in total. The van der Waals surface area contributed by atoms with Crippen LogP contribution < -0.4 is 5.32 Å². The van der Waals surface area contributed by atoms with Crippen molar-refractivity contribution in [3.63, 3.8) is 0 Å². The van der Waals surface area contributed by atoms with Crippen LogP contribution >= 0.6 is 22.9 Å². The Morgan fingerprint density at radius 1 is 1.32 bits per heavy atom. The van der Waals surface area contributed by atoms with Crippen molar-refractivity contribution in [3.05, 3.63) is 35.5 Å². The highest BCUT2D eigenvalue weighted by molar-refractivity contribution is 7.20. The quantitative estimate of drug-likeness (QED) is 0.751. The first-order valence-electron chi connectivity index (χ1n) is 7.14. The van der Waals surface area contributed by atoms with Gasteiger partial charge in [-0.25, -0.2) is 9.50 Å². The average Bonchev–Trinajstić information content (AvgIpc) is 3.05. The van der Waals surface area contributed by atoms with Gasteiger partial charge >= 0.3 is 0 Å². The molecule has 1 saturated carbocycles. The number of nitrogens with one attached hydrogen (secondary N) is 1. The third kappa shape index (κ3) is 2.58. The lowest BCUT2D eigenvalue weighted by atomic mass is 10.1. The number of nitrogens with zero attached hydrogens (tertiary/aromatic N) is 3. The average molecular weight is 335 g/mol. The Morgan fingerprint density at radius 2 is 2.09 bits per heavy atom. The largest absolute Gasteiger partial charge is 0.396 e.